The Labute approximate surface area is 123 Å². The topological polar surface area (TPSA) is 35.6 Å². The third-order valence-corrected chi connectivity index (χ3v) is 4.40. The Morgan fingerprint density at radius 1 is 1.15 bits per heavy atom. The van der Waals surface area contributed by atoms with Gasteiger partial charge in [-0.2, -0.15) is 0 Å². The molecule has 0 aromatic rings. The highest BCUT2D eigenvalue weighted by Crippen LogP contribution is 2.20. The normalized spacial score (nSPS) is 25.1. The summed E-state index contributed by atoms with van der Waals surface area (Å²) in [5.41, 5.74) is 0.0975. The number of hydrogen-bond donors (Lipinski definition) is 1. The zero-order chi connectivity index (χ0) is 14.6. The second-order valence-corrected chi connectivity index (χ2v) is 7.31. The Kier molecular flexibility index (Phi) is 5.44. The van der Waals surface area contributed by atoms with Crippen LogP contribution in [0.5, 0.6) is 0 Å². The van der Waals surface area contributed by atoms with E-state index in [1.165, 1.54) is 38.8 Å². The second-order valence-electron chi connectivity index (χ2n) is 7.31. The number of carbonyl (C=O) groups is 1. The van der Waals surface area contributed by atoms with Crippen LogP contribution < -0.4 is 5.32 Å². The first-order chi connectivity index (χ1) is 9.46. The third kappa shape index (κ3) is 4.74. The van der Waals surface area contributed by atoms with Gasteiger partial charge >= 0.3 is 0 Å². The summed E-state index contributed by atoms with van der Waals surface area (Å²) in [6, 6.07) is 0.616. The van der Waals surface area contributed by atoms with Gasteiger partial charge in [0.25, 0.3) is 0 Å². The van der Waals surface area contributed by atoms with Crippen molar-refractivity contribution in [2.75, 3.05) is 32.7 Å². The van der Waals surface area contributed by atoms with E-state index in [4.69, 9.17) is 0 Å². The first-order valence-corrected chi connectivity index (χ1v) is 8.22. The van der Waals surface area contributed by atoms with Crippen molar-refractivity contribution in [1.82, 2.24) is 15.1 Å². The fourth-order valence-electron chi connectivity index (χ4n) is 3.29. The van der Waals surface area contributed by atoms with Gasteiger partial charge in [-0.05, 0) is 59.5 Å². The van der Waals surface area contributed by atoms with Crippen LogP contribution in [0.1, 0.15) is 52.9 Å². The number of piperidine rings is 1. The van der Waals surface area contributed by atoms with Crippen LogP contribution in [0, 0.1) is 0 Å². The molecule has 0 radical (unpaired) electrons. The van der Waals surface area contributed by atoms with E-state index in [1.54, 1.807) is 0 Å². The summed E-state index contributed by atoms with van der Waals surface area (Å²) >= 11 is 0. The van der Waals surface area contributed by atoms with E-state index in [0.29, 0.717) is 18.4 Å². The highest BCUT2D eigenvalue weighted by atomic mass is 16.2. The molecule has 20 heavy (non-hydrogen) atoms. The molecule has 1 unspecified atom stereocenters. The Morgan fingerprint density at radius 2 is 1.85 bits per heavy atom. The van der Waals surface area contributed by atoms with E-state index in [2.05, 4.69) is 35.9 Å². The van der Waals surface area contributed by atoms with Gasteiger partial charge in [0.2, 0.25) is 5.91 Å². The summed E-state index contributed by atoms with van der Waals surface area (Å²) in [7, 11) is 0. The molecule has 2 rings (SSSR count). The van der Waals surface area contributed by atoms with Gasteiger partial charge in [0, 0.05) is 37.6 Å². The lowest BCUT2D eigenvalue weighted by Crippen LogP contribution is -2.49. The fourth-order valence-corrected chi connectivity index (χ4v) is 3.29. The number of hydrogen-bond acceptors (Lipinski definition) is 3. The molecule has 1 amide bonds. The Bertz CT molecular complexity index is 318. The summed E-state index contributed by atoms with van der Waals surface area (Å²) in [6.07, 6.45) is 5.73. The van der Waals surface area contributed by atoms with Crippen LogP contribution in [0.3, 0.4) is 0 Å². The molecule has 116 valence electrons. The molecule has 1 atom stereocenters. The van der Waals surface area contributed by atoms with Gasteiger partial charge in [0.05, 0.1) is 0 Å². The predicted octanol–water partition coefficient (Wildman–Crippen LogP) is 1.85. The molecule has 4 nitrogen and oxygen atoms in total. The van der Waals surface area contributed by atoms with Gasteiger partial charge in [-0.15, -0.1) is 0 Å². The second kappa shape index (κ2) is 6.90. The van der Waals surface area contributed by atoms with E-state index in [0.717, 1.165) is 19.6 Å². The van der Waals surface area contributed by atoms with Crippen LogP contribution in [0.15, 0.2) is 0 Å². The van der Waals surface area contributed by atoms with Crippen molar-refractivity contribution in [3.05, 3.63) is 0 Å². The number of likely N-dealkylation sites (tertiary alicyclic amines) is 2. The van der Waals surface area contributed by atoms with Gasteiger partial charge in [0.1, 0.15) is 0 Å². The summed E-state index contributed by atoms with van der Waals surface area (Å²) < 4.78 is 0. The Hall–Kier alpha value is -0.610. The summed E-state index contributed by atoms with van der Waals surface area (Å²) in [6.45, 7) is 11.6. The maximum Gasteiger partial charge on any atom is 0.223 e. The fraction of sp³-hybridized carbons (Fsp3) is 0.938. The molecular formula is C16H31N3O. The van der Waals surface area contributed by atoms with Gasteiger partial charge in [-0.3, -0.25) is 9.69 Å². The molecule has 2 fully saturated rings. The molecular weight excluding hydrogens is 250 g/mol. The van der Waals surface area contributed by atoms with Crippen molar-refractivity contribution in [1.29, 1.82) is 0 Å². The molecule has 0 aromatic carbocycles. The van der Waals surface area contributed by atoms with Crippen molar-refractivity contribution < 1.29 is 4.79 Å². The van der Waals surface area contributed by atoms with Crippen molar-refractivity contribution >= 4 is 5.91 Å². The SMILES string of the molecule is CC(C)(C)NCCC(=O)N1CCCC(N2CCCC2)C1. The van der Waals surface area contributed by atoms with Crippen LogP contribution in [-0.4, -0.2) is 60.0 Å². The van der Waals surface area contributed by atoms with Crippen LogP contribution in [0.4, 0.5) is 0 Å². The van der Waals surface area contributed by atoms with E-state index in [-0.39, 0.29) is 5.54 Å². The number of nitrogens with zero attached hydrogens (tertiary/aromatic N) is 2. The number of carbonyl (C=O) groups excluding carboxylic acids is 1. The smallest absolute Gasteiger partial charge is 0.223 e. The van der Waals surface area contributed by atoms with Crippen molar-refractivity contribution in [2.45, 2.75) is 64.5 Å². The molecule has 2 heterocycles. The lowest BCUT2D eigenvalue weighted by atomic mass is 10.0. The standard InChI is InChI=1S/C16H31N3O/c1-16(2,3)17-9-8-15(20)19-12-6-7-14(13-19)18-10-4-5-11-18/h14,17H,4-13H2,1-3H3. The van der Waals surface area contributed by atoms with Gasteiger partial charge in [-0.1, -0.05) is 0 Å². The maximum absolute atomic E-state index is 12.3. The molecule has 4 heteroatoms. The molecule has 2 aliphatic heterocycles. The van der Waals surface area contributed by atoms with Crippen molar-refractivity contribution in [2.24, 2.45) is 0 Å². The van der Waals surface area contributed by atoms with E-state index < -0.39 is 0 Å². The molecule has 0 spiro atoms. The molecule has 0 saturated carbocycles. The average Bonchev–Trinajstić information content (AvgIpc) is 2.91. The van der Waals surface area contributed by atoms with Crippen LogP contribution in [0.2, 0.25) is 0 Å². The number of rotatable bonds is 4. The minimum absolute atomic E-state index is 0.0975. The van der Waals surface area contributed by atoms with Crippen LogP contribution in [0.25, 0.3) is 0 Å². The van der Waals surface area contributed by atoms with Crippen molar-refractivity contribution in [3.63, 3.8) is 0 Å². The third-order valence-electron chi connectivity index (χ3n) is 4.40. The molecule has 1 N–H and O–H groups in total. The maximum atomic E-state index is 12.3. The van der Waals surface area contributed by atoms with E-state index in [9.17, 15) is 4.79 Å². The first-order valence-electron chi connectivity index (χ1n) is 8.22. The minimum atomic E-state index is 0.0975. The lowest BCUT2D eigenvalue weighted by Gasteiger charge is -2.37. The zero-order valence-corrected chi connectivity index (χ0v) is 13.5. The van der Waals surface area contributed by atoms with Gasteiger partial charge < -0.3 is 10.2 Å². The number of amides is 1. The van der Waals surface area contributed by atoms with Gasteiger partial charge in [0.15, 0.2) is 0 Å². The zero-order valence-electron chi connectivity index (χ0n) is 13.5. The molecule has 2 aliphatic rings. The van der Waals surface area contributed by atoms with Crippen LogP contribution >= 0.6 is 0 Å². The molecule has 2 saturated heterocycles. The highest BCUT2D eigenvalue weighted by molar-refractivity contribution is 5.76. The average molecular weight is 281 g/mol. The monoisotopic (exact) mass is 281 g/mol. The Balaban J connectivity index is 1.75. The first kappa shape index (κ1) is 15.8. The minimum Gasteiger partial charge on any atom is -0.341 e. The predicted molar refractivity (Wildman–Crippen MR) is 82.8 cm³/mol. The molecule has 0 bridgehead atoms. The van der Waals surface area contributed by atoms with E-state index >= 15 is 0 Å². The lowest BCUT2D eigenvalue weighted by molar-refractivity contribution is -0.133. The highest BCUT2D eigenvalue weighted by Gasteiger charge is 2.28. The summed E-state index contributed by atoms with van der Waals surface area (Å²) in [4.78, 5) is 17.0. The van der Waals surface area contributed by atoms with Crippen molar-refractivity contribution in [3.8, 4) is 0 Å². The van der Waals surface area contributed by atoms with Crippen LogP contribution in [-0.2, 0) is 4.79 Å². The molecule has 0 aliphatic carbocycles. The Morgan fingerprint density at radius 3 is 2.50 bits per heavy atom. The number of nitrogens with one attached hydrogen (secondary N) is 1. The summed E-state index contributed by atoms with van der Waals surface area (Å²) in [5, 5.41) is 3.40. The largest absolute Gasteiger partial charge is 0.341 e. The van der Waals surface area contributed by atoms with E-state index in [1.807, 2.05) is 0 Å². The summed E-state index contributed by atoms with van der Waals surface area (Å²) in [5.74, 6) is 0.325. The molecule has 0 aromatic heterocycles. The quantitative estimate of drug-likeness (QED) is 0.854. The van der Waals surface area contributed by atoms with Gasteiger partial charge in [-0.25, -0.2) is 0 Å².